The molecule has 12 heteroatoms. The number of hydrogen-bond donors (Lipinski definition) is 4. The molecule has 0 saturated heterocycles. The fraction of sp³-hybridized carbons (Fsp3) is 0.750. The van der Waals surface area contributed by atoms with Crippen molar-refractivity contribution in [3.8, 4) is 0 Å². The van der Waals surface area contributed by atoms with Crippen LogP contribution in [0, 0.1) is 0 Å². The van der Waals surface area contributed by atoms with Crippen LogP contribution in [-0.4, -0.2) is 64.9 Å². The number of carbonyl (C=O) groups excluding carboxylic acids is 2. The molecule has 0 bridgehead atoms. The second-order valence-electron chi connectivity index (χ2n) is 12.1. The first-order chi connectivity index (χ1) is 23.1. The van der Waals surface area contributed by atoms with E-state index in [0.29, 0.717) is 12.8 Å². The third kappa shape index (κ3) is 31.0. The van der Waals surface area contributed by atoms with Crippen molar-refractivity contribution in [3.05, 3.63) is 36.5 Å². The van der Waals surface area contributed by atoms with Crippen LogP contribution in [-0.2, 0) is 32.7 Å². The average molecular weight is 702 g/mol. The molecule has 0 aromatic rings. The zero-order valence-corrected chi connectivity index (χ0v) is 30.4. The van der Waals surface area contributed by atoms with Gasteiger partial charge in [0.15, 0.2) is 6.04 Å². The molecule has 4 N–H and O–H groups in total. The van der Waals surface area contributed by atoms with E-state index >= 15 is 0 Å². The van der Waals surface area contributed by atoms with Crippen molar-refractivity contribution in [3.63, 3.8) is 0 Å². The van der Waals surface area contributed by atoms with Gasteiger partial charge in [-0.3, -0.25) is 18.6 Å². The number of rotatable bonds is 33. The number of aliphatic hydroxyl groups excluding tert-OH is 1. The third-order valence-corrected chi connectivity index (χ3v) is 8.38. The zero-order chi connectivity index (χ0) is 35.7. The van der Waals surface area contributed by atoms with Crippen LogP contribution in [0.3, 0.4) is 0 Å². The molecule has 0 aromatic heterocycles. The quantitative estimate of drug-likeness (QED) is 0.0227. The van der Waals surface area contributed by atoms with Crippen LogP contribution >= 0.6 is 7.82 Å². The number of aliphatic carboxylic acids is 1. The van der Waals surface area contributed by atoms with Crippen molar-refractivity contribution in [1.82, 2.24) is 5.32 Å². The molecule has 0 aliphatic rings. The molecule has 3 atom stereocenters. The molecule has 0 fully saturated rings. The summed E-state index contributed by atoms with van der Waals surface area (Å²) in [5, 5.41) is 21.5. The van der Waals surface area contributed by atoms with Crippen molar-refractivity contribution < 1.29 is 47.8 Å². The number of carboxylic acids is 1. The van der Waals surface area contributed by atoms with Crippen LogP contribution < -0.4 is 5.32 Å². The Morgan fingerprint density at radius 1 is 0.667 bits per heavy atom. The van der Waals surface area contributed by atoms with E-state index in [2.05, 4.69) is 53.2 Å². The third-order valence-electron chi connectivity index (χ3n) is 7.43. The van der Waals surface area contributed by atoms with E-state index in [-0.39, 0.29) is 12.8 Å². The average Bonchev–Trinajstić information content (AvgIpc) is 3.05. The fourth-order valence-corrected chi connectivity index (χ4v) is 5.33. The highest BCUT2D eigenvalue weighted by atomic mass is 31.2. The Labute approximate surface area is 289 Å². The van der Waals surface area contributed by atoms with E-state index in [1.54, 1.807) is 0 Å². The molecule has 0 spiro atoms. The highest BCUT2D eigenvalue weighted by molar-refractivity contribution is 7.47. The number of carboxylic acid groups (broad SMARTS) is 1. The van der Waals surface area contributed by atoms with Crippen LogP contribution in [0.2, 0.25) is 0 Å². The van der Waals surface area contributed by atoms with Crippen molar-refractivity contribution in [2.24, 2.45) is 0 Å². The van der Waals surface area contributed by atoms with Crippen LogP contribution in [0.15, 0.2) is 36.5 Å². The predicted octanol–water partition coefficient (Wildman–Crippen LogP) is 8.10. The topological polar surface area (TPSA) is 169 Å². The highest BCUT2D eigenvalue weighted by Crippen LogP contribution is 2.43. The van der Waals surface area contributed by atoms with Crippen molar-refractivity contribution in [2.45, 2.75) is 154 Å². The van der Waals surface area contributed by atoms with Gasteiger partial charge in [0.25, 0.3) is 0 Å². The number of phosphoric acid groups is 1. The summed E-state index contributed by atoms with van der Waals surface area (Å²) in [6, 6.07) is -1.55. The SMILES string of the molecule is CCCCC/C=C\C/C=C\C/C=C\CCCCCCCCCCC(=O)NC(COP(=O)(O)OCC(O)COC(=O)CCCCC)C(=O)O. The molecular formula is C36H64NO10P. The summed E-state index contributed by atoms with van der Waals surface area (Å²) in [4.78, 5) is 45.2. The Balaban J connectivity index is 3.91. The molecule has 278 valence electrons. The van der Waals surface area contributed by atoms with E-state index in [1.165, 1.54) is 44.9 Å². The number of esters is 1. The van der Waals surface area contributed by atoms with E-state index < -0.39 is 57.6 Å². The van der Waals surface area contributed by atoms with Crippen LogP contribution in [0.1, 0.15) is 142 Å². The van der Waals surface area contributed by atoms with E-state index in [4.69, 9.17) is 9.26 Å². The van der Waals surface area contributed by atoms with Gasteiger partial charge >= 0.3 is 19.8 Å². The molecule has 0 heterocycles. The Morgan fingerprint density at radius 2 is 1.15 bits per heavy atom. The fourth-order valence-electron chi connectivity index (χ4n) is 4.55. The second kappa shape index (κ2) is 31.9. The molecule has 0 aliphatic carbocycles. The maximum atomic E-state index is 12.2. The van der Waals surface area contributed by atoms with Crippen molar-refractivity contribution in [1.29, 1.82) is 0 Å². The standard InChI is InChI=1S/C36H64NO10P/c1-3-5-7-8-9-10-11-12-13-14-15-16-17-18-19-20-21-22-23-24-26-27-34(39)37-33(36(41)42)31-47-48(43,44)46-30-32(38)29-45-35(40)28-25-6-4-2/h9-10,12-13,15-16,32-33,38H,3-8,11,14,17-31H2,1-2H3,(H,37,39)(H,41,42)(H,43,44)/b10-9-,13-12-,16-15-. The van der Waals surface area contributed by atoms with Crippen molar-refractivity contribution in [2.75, 3.05) is 19.8 Å². The summed E-state index contributed by atoms with van der Waals surface area (Å²) >= 11 is 0. The summed E-state index contributed by atoms with van der Waals surface area (Å²) in [5.41, 5.74) is 0. The predicted molar refractivity (Wildman–Crippen MR) is 189 cm³/mol. The molecule has 0 aromatic carbocycles. The van der Waals surface area contributed by atoms with Gasteiger partial charge in [-0.1, -0.05) is 115 Å². The van der Waals surface area contributed by atoms with E-state index in [9.17, 15) is 34.1 Å². The van der Waals surface area contributed by atoms with Crippen molar-refractivity contribution >= 4 is 25.7 Å². The minimum absolute atomic E-state index is 0.137. The lowest BCUT2D eigenvalue weighted by Crippen LogP contribution is -2.43. The minimum atomic E-state index is -4.73. The van der Waals surface area contributed by atoms with Gasteiger partial charge in [-0.15, -0.1) is 0 Å². The summed E-state index contributed by atoms with van der Waals surface area (Å²) in [7, 11) is -4.73. The Bertz CT molecular complexity index is 968. The van der Waals surface area contributed by atoms with Gasteiger partial charge in [0.05, 0.1) is 13.2 Å². The summed E-state index contributed by atoms with van der Waals surface area (Å²) in [6.45, 7) is 2.32. The van der Waals surface area contributed by atoms with Gasteiger partial charge in [-0.2, -0.15) is 0 Å². The number of phosphoric ester groups is 1. The largest absolute Gasteiger partial charge is 0.480 e. The first-order valence-corrected chi connectivity index (χ1v) is 19.5. The lowest BCUT2D eigenvalue weighted by Gasteiger charge is -2.18. The molecule has 0 radical (unpaired) electrons. The van der Waals surface area contributed by atoms with Gasteiger partial charge in [-0.05, 0) is 51.4 Å². The second-order valence-corrected chi connectivity index (χ2v) is 13.5. The lowest BCUT2D eigenvalue weighted by molar-refractivity contribution is -0.147. The number of allylic oxidation sites excluding steroid dienone is 6. The van der Waals surface area contributed by atoms with Gasteiger partial charge in [0, 0.05) is 12.8 Å². The zero-order valence-electron chi connectivity index (χ0n) is 29.5. The number of carbonyl (C=O) groups is 3. The van der Waals surface area contributed by atoms with Crippen LogP contribution in [0.25, 0.3) is 0 Å². The lowest BCUT2D eigenvalue weighted by atomic mass is 10.1. The molecule has 48 heavy (non-hydrogen) atoms. The Morgan fingerprint density at radius 3 is 1.73 bits per heavy atom. The van der Waals surface area contributed by atoms with Gasteiger partial charge in [0.2, 0.25) is 5.91 Å². The number of amides is 1. The maximum absolute atomic E-state index is 12.2. The summed E-state index contributed by atoms with van der Waals surface area (Å²) < 4.78 is 26.4. The molecule has 0 rings (SSSR count). The smallest absolute Gasteiger partial charge is 0.472 e. The molecule has 1 amide bonds. The Kier molecular flexibility index (Phi) is 30.4. The molecule has 11 nitrogen and oxygen atoms in total. The number of unbranched alkanes of at least 4 members (excludes halogenated alkanes) is 13. The van der Waals surface area contributed by atoms with Crippen LogP contribution in [0.4, 0.5) is 0 Å². The monoisotopic (exact) mass is 701 g/mol. The number of nitrogens with one attached hydrogen (secondary N) is 1. The maximum Gasteiger partial charge on any atom is 0.472 e. The molecular weight excluding hydrogens is 637 g/mol. The highest BCUT2D eigenvalue weighted by Gasteiger charge is 2.28. The summed E-state index contributed by atoms with van der Waals surface area (Å²) in [6.07, 6.45) is 31.3. The first-order valence-electron chi connectivity index (χ1n) is 18.0. The number of aliphatic hydroxyl groups is 1. The van der Waals surface area contributed by atoms with E-state index in [1.807, 2.05) is 6.92 Å². The molecule has 0 aliphatic heterocycles. The molecule has 3 unspecified atom stereocenters. The normalized spacial score (nSPS) is 14.4. The minimum Gasteiger partial charge on any atom is -0.480 e. The summed E-state index contributed by atoms with van der Waals surface area (Å²) in [5.74, 6) is -2.41. The van der Waals surface area contributed by atoms with Gasteiger partial charge in [-0.25, -0.2) is 9.36 Å². The number of hydrogen-bond acceptors (Lipinski definition) is 8. The Hall–Kier alpha value is -2.30. The van der Waals surface area contributed by atoms with E-state index in [0.717, 1.165) is 57.8 Å². The van der Waals surface area contributed by atoms with Crippen LogP contribution in [0.5, 0.6) is 0 Å². The first kappa shape index (κ1) is 45.7. The molecule has 0 saturated carbocycles. The number of ether oxygens (including phenoxy) is 1. The van der Waals surface area contributed by atoms with Gasteiger partial charge < -0.3 is 25.2 Å². The van der Waals surface area contributed by atoms with Gasteiger partial charge in [0.1, 0.15) is 12.7 Å².